The van der Waals surface area contributed by atoms with Crippen LogP contribution in [0.1, 0.15) is 32.3 Å². The Balaban J connectivity index is 1.37. The molecule has 1 aromatic heterocycles. The number of carbonyl (C=O) groups excluding carboxylic acids is 2. The third kappa shape index (κ3) is 7.75. The van der Waals surface area contributed by atoms with Crippen LogP contribution in [0.4, 0.5) is 10.2 Å². The van der Waals surface area contributed by atoms with Crippen molar-refractivity contribution < 1.29 is 18.7 Å². The van der Waals surface area contributed by atoms with E-state index < -0.39 is 0 Å². The van der Waals surface area contributed by atoms with Gasteiger partial charge in [0.15, 0.2) is 5.82 Å². The Bertz CT molecular complexity index is 1230. The fourth-order valence-corrected chi connectivity index (χ4v) is 4.59. The number of amides is 2. The summed E-state index contributed by atoms with van der Waals surface area (Å²) < 4.78 is 18.6. The van der Waals surface area contributed by atoms with Crippen LogP contribution in [0.2, 0.25) is 0 Å². The summed E-state index contributed by atoms with van der Waals surface area (Å²) in [5.41, 5.74) is 2.53. The number of carbonyl (C=O) groups is 2. The minimum atomic E-state index is -0.330. The number of hydrogen-bond acceptors (Lipinski definition) is 6. The molecule has 0 bridgehead atoms. The molecule has 0 spiro atoms. The number of benzene rings is 2. The molecule has 2 heterocycles. The summed E-state index contributed by atoms with van der Waals surface area (Å²) in [5.74, 6) is 1.24. The monoisotopic (exact) mass is 533 g/mol. The summed E-state index contributed by atoms with van der Waals surface area (Å²) in [6, 6.07) is 17.6. The average Bonchev–Trinajstić information content (AvgIpc) is 3.20. The predicted octanol–water partition coefficient (Wildman–Crippen LogP) is 4.40. The van der Waals surface area contributed by atoms with Gasteiger partial charge in [0.25, 0.3) is 0 Å². The first-order valence-electron chi connectivity index (χ1n) is 13.4. The third-order valence-corrected chi connectivity index (χ3v) is 6.76. The number of aromatic nitrogens is 2. The van der Waals surface area contributed by atoms with Gasteiger partial charge in [-0.3, -0.25) is 9.59 Å². The molecule has 1 saturated heterocycles. The van der Waals surface area contributed by atoms with Gasteiger partial charge in [0, 0.05) is 44.7 Å². The van der Waals surface area contributed by atoms with Crippen molar-refractivity contribution >= 4 is 17.6 Å². The largest absolute Gasteiger partial charge is 0.497 e. The van der Waals surface area contributed by atoms with Gasteiger partial charge >= 0.3 is 0 Å². The van der Waals surface area contributed by atoms with E-state index in [-0.39, 0.29) is 36.6 Å². The fourth-order valence-electron chi connectivity index (χ4n) is 4.59. The van der Waals surface area contributed by atoms with Crippen LogP contribution in [0.15, 0.2) is 60.7 Å². The van der Waals surface area contributed by atoms with Crippen LogP contribution in [-0.2, 0) is 16.1 Å². The van der Waals surface area contributed by atoms with Crippen molar-refractivity contribution in [3.63, 3.8) is 0 Å². The Kier molecular flexibility index (Phi) is 9.46. The number of hydrogen-bond donors (Lipinski definition) is 0. The molecular formula is C30H36FN5O3. The molecule has 2 amide bonds. The first kappa shape index (κ1) is 28.0. The average molecular weight is 534 g/mol. The smallest absolute Gasteiger partial charge is 0.242 e. The second-order valence-electron chi connectivity index (χ2n) is 10.2. The van der Waals surface area contributed by atoms with Gasteiger partial charge in [0.05, 0.1) is 12.8 Å². The van der Waals surface area contributed by atoms with Crippen molar-refractivity contribution in [2.75, 3.05) is 44.7 Å². The van der Waals surface area contributed by atoms with Crippen molar-refractivity contribution in [3.05, 3.63) is 72.0 Å². The number of nitrogens with zero attached hydrogens (tertiary/aromatic N) is 5. The summed E-state index contributed by atoms with van der Waals surface area (Å²) in [7, 11) is 1.63. The Morgan fingerprint density at radius 3 is 2.33 bits per heavy atom. The predicted molar refractivity (Wildman–Crippen MR) is 149 cm³/mol. The molecule has 206 valence electrons. The summed E-state index contributed by atoms with van der Waals surface area (Å²) in [6.07, 6.45) is 1.14. The van der Waals surface area contributed by atoms with E-state index in [1.807, 2.05) is 55.1 Å². The topological polar surface area (TPSA) is 78.9 Å². The Hall–Kier alpha value is -4.01. The van der Waals surface area contributed by atoms with E-state index in [0.717, 1.165) is 41.4 Å². The molecule has 0 aliphatic carbocycles. The van der Waals surface area contributed by atoms with E-state index in [2.05, 4.69) is 15.1 Å². The number of anilines is 1. The molecule has 2 aromatic carbocycles. The summed E-state index contributed by atoms with van der Waals surface area (Å²) >= 11 is 0. The lowest BCUT2D eigenvalue weighted by atomic mass is 10.1. The van der Waals surface area contributed by atoms with E-state index in [4.69, 9.17) is 4.74 Å². The SMILES string of the molecule is COc1ccc(-c2ccc(N3CCCN(C(=O)CN(Cc4ccc(F)cc4)C(=O)CC(C)C)CC3)nn2)cc1. The zero-order valence-electron chi connectivity index (χ0n) is 22.8. The van der Waals surface area contributed by atoms with Crippen molar-refractivity contribution in [2.24, 2.45) is 5.92 Å². The first-order valence-corrected chi connectivity index (χ1v) is 13.4. The van der Waals surface area contributed by atoms with Gasteiger partial charge in [0.1, 0.15) is 18.1 Å². The fraction of sp³-hybridized carbons (Fsp3) is 0.400. The highest BCUT2D eigenvalue weighted by molar-refractivity contribution is 5.85. The summed E-state index contributed by atoms with van der Waals surface area (Å²) in [4.78, 5) is 31.8. The van der Waals surface area contributed by atoms with Gasteiger partial charge in [-0.2, -0.15) is 0 Å². The van der Waals surface area contributed by atoms with Crippen LogP contribution in [0, 0.1) is 11.7 Å². The molecule has 0 radical (unpaired) electrons. The van der Waals surface area contributed by atoms with Crippen LogP contribution in [0.3, 0.4) is 0 Å². The van der Waals surface area contributed by atoms with Crippen LogP contribution >= 0.6 is 0 Å². The molecule has 1 aliphatic rings. The van der Waals surface area contributed by atoms with E-state index in [1.165, 1.54) is 12.1 Å². The molecule has 0 N–H and O–H groups in total. The molecule has 3 aromatic rings. The molecule has 0 unspecified atom stereocenters. The van der Waals surface area contributed by atoms with Crippen LogP contribution in [-0.4, -0.2) is 71.6 Å². The van der Waals surface area contributed by atoms with Crippen molar-refractivity contribution in [3.8, 4) is 17.0 Å². The van der Waals surface area contributed by atoms with E-state index in [9.17, 15) is 14.0 Å². The quantitative estimate of drug-likeness (QED) is 0.406. The second-order valence-corrected chi connectivity index (χ2v) is 10.2. The highest BCUT2D eigenvalue weighted by atomic mass is 19.1. The lowest BCUT2D eigenvalue weighted by molar-refractivity contribution is -0.141. The van der Waals surface area contributed by atoms with E-state index in [0.29, 0.717) is 26.1 Å². The number of rotatable bonds is 9. The van der Waals surface area contributed by atoms with Gasteiger partial charge < -0.3 is 19.4 Å². The molecule has 39 heavy (non-hydrogen) atoms. The molecule has 9 heteroatoms. The summed E-state index contributed by atoms with van der Waals surface area (Å²) in [6.45, 7) is 6.75. The Morgan fingerprint density at radius 1 is 0.949 bits per heavy atom. The molecule has 1 aliphatic heterocycles. The van der Waals surface area contributed by atoms with Crippen LogP contribution in [0.5, 0.6) is 5.75 Å². The molecular weight excluding hydrogens is 497 g/mol. The van der Waals surface area contributed by atoms with Crippen LogP contribution in [0.25, 0.3) is 11.3 Å². The van der Waals surface area contributed by atoms with Crippen molar-refractivity contribution in [1.29, 1.82) is 0 Å². The van der Waals surface area contributed by atoms with Crippen LogP contribution < -0.4 is 9.64 Å². The molecule has 8 nitrogen and oxygen atoms in total. The second kappa shape index (κ2) is 13.2. The maximum absolute atomic E-state index is 13.4. The molecule has 1 fully saturated rings. The Morgan fingerprint density at radius 2 is 1.69 bits per heavy atom. The highest BCUT2D eigenvalue weighted by Crippen LogP contribution is 2.22. The number of ether oxygens (including phenoxy) is 1. The third-order valence-electron chi connectivity index (χ3n) is 6.76. The minimum absolute atomic E-state index is 0.000701. The van der Waals surface area contributed by atoms with E-state index >= 15 is 0 Å². The highest BCUT2D eigenvalue weighted by Gasteiger charge is 2.24. The van der Waals surface area contributed by atoms with E-state index in [1.54, 1.807) is 24.1 Å². The van der Waals surface area contributed by atoms with Crippen molar-refractivity contribution in [1.82, 2.24) is 20.0 Å². The Labute approximate surface area is 229 Å². The maximum Gasteiger partial charge on any atom is 0.242 e. The van der Waals surface area contributed by atoms with Gasteiger partial charge in [-0.15, -0.1) is 10.2 Å². The minimum Gasteiger partial charge on any atom is -0.497 e. The van der Waals surface area contributed by atoms with Gasteiger partial charge in [-0.25, -0.2) is 4.39 Å². The zero-order chi connectivity index (χ0) is 27.8. The molecule has 0 atom stereocenters. The summed E-state index contributed by atoms with van der Waals surface area (Å²) in [5, 5.41) is 8.86. The molecule has 4 rings (SSSR count). The normalized spacial score (nSPS) is 13.8. The van der Waals surface area contributed by atoms with Gasteiger partial charge in [-0.05, 0) is 66.4 Å². The van der Waals surface area contributed by atoms with Crippen molar-refractivity contribution in [2.45, 2.75) is 33.2 Å². The molecule has 0 saturated carbocycles. The maximum atomic E-state index is 13.4. The van der Waals surface area contributed by atoms with Gasteiger partial charge in [0.2, 0.25) is 11.8 Å². The van der Waals surface area contributed by atoms with Gasteiger partial charge in [-0.1, -0.05) is 26.0 Å². The first-order chi connectivity index (χ1) is 18.8. The number of methoxy groups -OCH3 is 1. The standard InChI is InChI=1S/C30H36FN5O3/c1-22(2)19-29(37)36(20-23-5-9-25(31)10-6-23)21-30(38)35-16-4-15-34(17-18-35)28-14-13-27(32-33-28)24-7-11-26(39-3)12-8-24/h5-14,22H,4,15-21H2,1-3H3. The zero-order valence-corrected chi connectivity index (χ0v) is 22.8. The number of halogens is 1. The lowest BCUT2D eigenvalue weighted by Gasteiger charge is -2.28. The lowest BCUT2D eigenvalue weighted by Crippen LogP contribution is -2.44.